The number of imide groups is 1. The molecule has 8 nitrogen and oxygen atoms in total. The second-order valence-electron chi connectivity index (χ2n) is 13.0. The molecule has 0 unspecified atom stereocenters. The molecular weight excluding hydrogens is 721 g/mol. The molecule has 0 spiro atoms. The molecule has 0 radical (unpaired) electrons. The van der Waals surface area contributed by atoms with Gasteiger partial charge in [-0.3, -0.25) is 24.1 Å². The van der Waals surface area contributed by atoms with E-state index in [0.717, 1.165) is 50.9 Å². The average molecular weight is 746 g/mol. The Morgan fingerprint density at radius 3 is 2.25 bits per heavy atom. The van der Waals surface area contributed by atoms with E-state index in [1.54, 1.807) is 18.2 Å². The summed E-state index contributed by atoms with van der Waals surface area (Å²) in [5, 5.41) is 2.87. The van der Waals surface area contributed by atoms with Crippen LogP contribution in [0.15, 0.2) is 82.6 Å². The number of ether oxygens (including phenoxy) is 1. The van der Waals surface area contributed by atoms with Crippen molar-refractivity contribution in [1.82, 2.24) is 4.98 Å². The Hall–Kier alpha value is -4.57. The number of aromatic nitrogens is 1. The maximum absolute atomic E-state index is 14.0. The standard InChI is InChI=1S/C35H25F6N3O5S2/c36-34(37,38)16-5-2-7-18(11-16)42-23(45)14-49-20-9-1-4-15(10-20)24-25-21-13-22(28(25)50-30-29(24)51-33(48)43-30)27-26(21)31(46)44(32(27)47)19-8-3-6-17(12-19)35(39,40)41/h1-12,21-22,24-28H,13-14H2,(H,42,45)(H,43,48)/t21-,22-,24+,25-,26+,27+,28-/m1/s1. The number of alkyl halides is 6. The van der Waals surface area contributed by atoms with Crippen LogP contribution in [-0.4, -0.2) is 34.6 Å². The number of nitrogens with one attached hydrogen (secondary N) is 2. The Balaban J connectivity index is 1.06. The fourth-order valence-corrected chi connectivity index (χ4v) is 11.3. The summed E-state index contributed by atoms with van der Waals surface area (Å²) in [6.45, 7) is -0.508. The van der Waals surface area contributed by atoms with Crippen LogP contribution in [-0.2, 0) is 26.7 Å². The van der Waals surface area contributed by atoms with Gasteiger partial charge in [-0.15, -0.1) is 11.8 Å². The Kier molecular flexibility index (Phi) is 7.90. The van der Waals surface area contributed by atoms with Crippen LogP contribution in [0, 0.1) is 29.6 Å². The van der Waals surface area contributed by atoms with Gasteiger partial charge in [0.25, 0.3) is 5.91 Å². The van der Waals surface area contributed by atoms with Crippen LogP contribution in [0.25, 0.3) is 0 Å². The van der Waals surface area contributed by atoms with E-state index in [1.165, 1.54) is 36.0 Å². The summed E-state index contributed by atoms with van der Waals surface area (Å²) in [6, 6.07) is 15.3. The number of carbonyl (C=O) groups is 3. The predicted octanol–water partition coefficient (Wildman–Crippen LogP) is 7.17. The van der Waals surface area contributed by atoms with E-state index in [1.807, 2.05) is 6.07 Å². The molecule has 3 heterocycles. The van der Waals surface area contributed by atoms with Crippen molar-refractivity contribution in [3.8, 4) is 5.75 Å². The van der Waals surface area contributed by atoms with Gasteiger partial charge in [-0.1, -0.05) is 35.6 Å². The molecule has 4 aromatic rings. The lowest BCUT2D eigenvalue weighted by molar-refractivity contribution is -0.138. The number of thioether (sulfide) groups is 1. The lowest BCUT2D eigenvalue weighted by Crippen LogP contribution is -2.42. The zero-order valence-corrected chi connectivity index (χ0v) is 27.6. The molecule has 8 rings (SSSR count). The molecule has 3 amide bonds. The number of nitrogens with zero attached hydrogens (tertiary/aromatic N) is 1. The molecule has 1 aromatic heterocycles. The minimum atomic E-state index is -4.66. The third kappa shape index (κ3) is 5.72. The van der Waals surface area contributed by atoms with Crippen LogP contribution in [0.1, 0.15) is 33.9 Å². The highest BCUT2D eigenvalue weighted by atomic mass is 32.2. The van der Waals surface area contributed by atoms with E-state index >= 15 is 0 Å². The Labute approximate surface area is 293 Å². The minimum Gasteiger partial charge on any atom is -0.484 e. The quantitative estimate of drug-likeness (QED) is 0.160. The monoisotopic (exact) mass is 745 g/mol. The van der Waals surface area contributed by atoms with E-state index < -0.39 is 65.6 Å². The van der Waals surface area contributed by atoms with Crippen molar-refractivity contribution in [3.63, 3.8) is 0 Å². The highest BCUT2D eigenvalue weighted by Gasteiger charge is 2.69. The van der Waals surface area contributed by atoms with Crippen molar-refractivity contribution in [1.29, 1.82) is 0 Å². The second-order valence-corrected chi connectivity index (χ2v) is 15.2. The summed E-state index contributed by atoms with van der Waals surface area (Å²) in [7, 11) is 0. The van der Waals surface area contributed by atoms with Crippen LogP contribution in [0.4, 0.5) is 37.7 Å². The van der Waals surface area contributed by atoms with E-state index in [9.17, 15) is 45.5 Å². The molecule has 16 heteroatoms. The lowest BCUT2D eigenvalue weighted by atomic mass is 9.68. The third-order valence-corrected chi connectivity index (χ3v) is 12.8. The normalized spacial score (nSPS) is 26.5. The molecule has 1 saturated heterocycles. The van der Waals surface area contributed by atoms with Crippen molar-refractivity contribution < 1.29 is 45.5 Å². The molecule has 2 bridgehead atoms. The lowest BCUT2D eigenvalue weighted by Gasteiger charge is -2.43. The number of H-pyrrole nitrogens is 1. The molecule has 2 saturated carbocycles. The fourth-order valence-electron chi connectivity index (χ4n) is 8.38. The summed E-state index contributed by atoms with van der Waals surface area (Å²) in [6.07, 6.45) is -8.68. The van der Waals surface area contributed by atoms with Gasteiger partial charge in [-0.2, -0.15) is 26.3 Å². The number of aromatic amines is 1. The van der Waals surface area contributed by atoms with E-state index in [2.05, 4.69) is 10.3 Å². The smallest absolute Gasteiger partial charge is 0.416 e. The number of hydrogen-bond donors (Lipinski definition) is 2. The summed E-state index contributed by atoms with van der Waals surface area (Å²) in [5.74, 6) is -4.07. The zero-order valence-electron chi connectivity index (χ0n) is 26.0. The fraction of sp³-hybridized carbons (Fsp3) is 0.314. The van der Waals surface area contributed by atoms with Crippen LogP contribution < -0.4 is 19.8 Å². The topological polar surface area (TPSA) is 109 Å². The van der Waals surface area contributed by atoms with Gasteiger partial charge in [0.15, 0.2) is 6.61 Å². The molecule has 4 aliphatic rings. The number of carbonyl (C=O) groups excluding carboxylic acids is 3. The first-order valence-electron chi connectivity index (χ1n) is 15.8. The van der Waals surface area contributed by atoms with Gasteiger partial charge in [0, 0.05) is 21.7 Å². The number of rotatable bonds is 6. The van der Waals surface area contributed by atoms with Gasteiger partial charge in [-0.25, -0.2) is 0 Å². The number of thiazole rings is 1. The van der Waals surface area contributed by atoms with E-state index in [4.69, 9.17) is 4.74 Å². The van der Waals surface area contributed by atoms with Crippen molar-refractivity contribution in [2.45, 2.75) is 35.0 Å². The first-order valence-corrected chi connectivity index (χ1v) is 17.5. The van der Waals surface area contributed by atoms with Gasteiger partial charge in [0.05, 0.1) is 33.7 Å². The molecule has 2 aliphatic heterocycles. The number of fused-ring (bicyclic) bond motifs is 9. The Morgan fingerprint density at radius 2 is 1.53 bits per heavy atom. The van der Waals surface area contributed by atoms with Crippen LogP contribution in [0.5, 0.6) is 5.75 Å². The molecule has 3 aromatic carbocycles. The van der Waals surface area contributed by atoms with Gasteiger partial charge < -0.3 is 15.0 Å². The maximum atomic E-state index is 14.0. The van der Waals surface area contributed by atoms with Crippen molar-refractivity contribution in [2.75, 3.05) is 16.8 Å². The summed E-state index contributed by atoms with van der Waals surface area (Å²) < 4.78 is 85.6. The number of amides is 3. The molecule has 51 heavy (non-hydrogen) atoms. The highest BCUT2D eigenvalue weighted by molar-refractivity contribution is 8.00. The number of hydrogen-bond acceptors (Lipinski definition) is 7. The number of halogens is 6. The van der Waals surface area contributed by atoms with Gasteiger partial charge in [0.1, 0.15) is 5.75 Å². The molecule has 2 aliphatic carbocycles. The summed E-state index contributed by atoms with van der Waals surface area (Å²) in [5.41, 5.74) is -1.31. The minimum absolute atomic E-state index is 0.0473. The van der Waals surface area contributed by atoms with Crippen LogP contribution >= 0.6 is 23.1 Å². The number of benzene rings is 3. The molecule has 2 N–H and O–H groups in total. The highest BCUT2D eigenvalue weighted by Crippen LogP contribution is 2.68. The molecule has 264 valence electrons. The number of anilines is 2. The van der Waals surface area contributed by atoms with Gasteiger partial charge >= 0.3 is 17.2 Å². The second kappa shape index (κ2) is 12.0. The first-order chi connectivity index (χ1) is 24.2. The summed E-state index contributed by atoms with van der Waals surface area (Å²) in [4.78, 5) is 57.3. The zero-order chi connectivity index (χ0) is 36.0. The van der Waals surface area contributed by atoms with Crippen molar-refractivity contribution in [2.24, 2.45) is 29.6 Å². The Bertz CT molecular complexity index is 2150. The van der Waals surface area contributed by atoms with E-state index in [-0.39, 0.29) is 45.0 Å². The maximum Gasteiger partial charge on any atom is 0.416 e. The average Bonchev–Trinajstić information content (AvgIpc) is 3.82. The predicted molar refractivity (Wildman–Crippen MR) is 174 cm³/mol. The third-order valence-electron chi connectivity index (χ3n) is 10.2. The molecule has 3 fully saturated rings. The van der Waals surface area contributed by atoms with E-state index in [0.29, 0.717) is 11.4 Å². The molecular formula is C35H25F6N3O5S2. The summed E-state index contributed by atoms with van der Waals surface area (Å²) >= 11 is 2.50. The van der Waals surface area contributed by atoms with Crippen LogP contribution in [0.2, 0.25) is 0 Å². The van der Waals surface area contributed by atoms with Crippen molar-refractivity contribution >= 4 is 52.2 Å². The molecule has 7 atom stereocenters. The largest absolute Gasteiger partial charge is 0.484 e. The van der Waals surface area contributed by atoms with Gasteiger partial charge in [0.2, 0.25) is 11.8 Å². The van der Waals surface area contributed by atoms with Crippen molar-refractivity contribution in [3.05, 3.63) is 104 Å². The Morgan fingerprint density at radius 1 is 0.863 bits per heavy atom. The van der Waals surface area contributed by atoms with Crippen LogP contribution in [0.3, 0.4) is 0 Å². The van der Waals surface area contributed by atoms with Gasteiger partial charge in [-0.05, 0) is 78.3 Å². The first kappa shape index (κ1) is 33.6. The SMILES string of the molecule is O=C(COc1cccc([C@@H]2c3sc(=O)[nH]c3S[C@@H]3[C@@H]4C[C@@H]([C@@H]5C(=O)N(c6cccc(C(F)(F)F)c6)C(=O)[C@@H]45)[C@H]23)c1)Nc1cccc(C(F)(F)F)c1.